The molecule has 1 amide bonds. The lowest BCUT2D eigenvalue weighted by atomic mass is 10.2. The van der Waals surface area contributed by atoms with Gasteiger partial charge in [-0.2, -0.15) is 5.10 Å². The summed E-state index contributed by atoms with van der Waals surface area (Å²) in [5.74, 6) is -1.53. The maximum atomic E-state index is 13.4. The van der Waals surface area contributed by atoms with Crippen LogP contribution in [0.15, 0.2) is 30.6 Å². The van der Waals surface area contributed by atoms with Crippen LogP contribution in [0.25, 0.3) is 0 Å². The normalized spacial score (nSPS) is 10.4. The largest absolute Gasteiger partial charge is 0.508 e. The summed E-state index contributed by atoms with van der Waals surface area (Å²) in [7, 11) is 0. The molecule has 0 spiro atoms. The monoisotopic (exact) mass is 264 g/mol. The molecule has 0 saturated heterocycles. The summed E-state index contributed by atoms with van der Waals surface area (Å²) in [6.07, 6.45) is 3.13. The number of nitrogen functional groups attached to an aromatic ring is 1. The molecule has 0 unspecified atom stereocenters. The molecular weight excluding hydrogens is 251 g/mol. The van der Waals surface area contributed by atoms with Crippen molar-refractivity contribution >= 4 is 11.6 Å². The lowest BCUT2D eigenvalue weighted by Gasteiger charge is -2.06. The van der Waals surface area contributed by atoms with Gasteiger partial charge in [0.15, 0.2) is 0 Å². The molecular formula is C12H13FN4O2. The first-order valence-corrected chi connectivity index (χ1v) is 5.61. The Morgan fingerprint density at radius 2 is 2.32 bits per heavy atom. The van der Waals surface area contributed by atoms with Gasteiger partial charge in [0, 0.05) is 18.8 Å². The molecule has 0 aliphatic heterocycles. The van der Waals surface area contributed by atoms with Crippen molar-refractivity contribution in [3.63, 3.8) is 0 Å². The Balaban J connectivity index is 1.90. The van der Waals surface area contributed by atoms with Gasteiger partial charge in [-0.1, -0.05) is 0 Å². The SMILES string of the molecule is Nc1cnn(CCNC(=O)c2ccc(O)cc2F)c1. The highest BCUT2D eigenvalue weighted by atomic mass is 19.1. The minimum atomic E-state index is -0.763. The number of nitrogens with zero attached hydrogens (tertiary/aromatic N) is 2. The predicted octanol–water partition coefficient (Wildman–Crippen LogP) is 0.740. The number of nitrogens with one attached hydrogen (secondary N) is 1. The summed E-state index contributed by atoms with van der Waals surface area (Å²) in [4.78, 5) is 11.7. The molecule has 0 radical (unpaired) electrons. The number of nitrogens with two attached hydrogens (primary N) is 1. The van der Waals surface area contributed by atoms with Crippen LogP contribution in [-0.2, 0) is 6.54 Å². The van der Waals surface area contributed by atoms with Crippen molar-refractivity contribution in [3.8, 4) is 5.75 Å². The molecule has 2 rings (SSSR count). The molecule has 19 heavy (non-hydrogen) atoms. The second kappa shape index (κ2) is 5.38. The number of carbonyl (C=O) groups is 1. The Hall–Kier alpha value is -2.57. The summed E-state index contributed by atoms with van der Waals surface area (Å²) in [5.41, 5.74) is 5.92. The van der Waals surface area contributed by atoms with E-state index in [9.17, 15) is 9.18 Å². The minimum absolute atomic E-state index is 0.113. The number of phenols is 1. The highest BCUT2D eigenvalue weighted by Gasteiger charge is 2.11. The molecule has 6 nitrogen and oxygen atoms in total. The summed E-state index contributed by atoms with van der Waals surface area (Å²) >= 11 is 0. The lowest BCUT2D eigenvalue weighted by Crippen LogP contribution is -2.28. The number of phenolic OH excluding ortho intramolecular Hbond substituents is 1. The van der Waals surface area contributed by atoms with E-state index in [1.54, 1.807) is 10.9 Å². The van der Waals surface area contributed by atoms with Crippen molar-refractivity contribution in [1.29, 1.82) is 0 Å². The summed E-state index contributed by atoms with van der Waals surface area (Å²) in [6, 6.07) is 3.38. The Morgan fingerprint density at radius 1 is 1.53 bits per heavy atom. The quantitative estimate of drug-likeness (QED) is 0.759. The number of benzene rings is 1. The summed E-state index contributed by atoms with van der Waals surface area (Å²) < 4.78 is 15.0. The van der Waals surface area contributed by atoms with Crippen LogP contribution < -0.4 is 11.1 Å². The van der Waals surface area contributed by atoms with Gasteiger partial charge in [0.05, 0.1) is 24.0 Å². The molecule has 0 fully saturated rings. The molecule has 0 aliphatic carbocycles. The smallest absolute Gasteiger partial charge is 0.254 e. The average molecular weight is 264 g/mol. The van der Waals surface area contributed by atoms with Crippen LogP contribution in [0.4, 0.5) is 10.1 Å². The van der Waals surface area contributed by atoms with E-state index in [1.807, 2.05) is 0 Å². The molecule has 2 aromatic rings. The van der Waals surface area contributed by atoms with Crippen LogP contribution in [0.3, 0.4) is 0 Å². The van der Waals surface area contributed by atoms with Crippen molar-refractivity contribution in [1.82, 2.24) is 15.1 Å². The number of aromatic nitrogens is 2. The Labute approximate surface area is 108 Å². The molecule has 0 saturated carbocycles. The number of rotatable bonds is 4. The zero-order valence-corrected chi connectivity index (χ0v) is 10.0. The van der Waals surface area contributed by atoms with Gasteiger partial charge in [0.25, 0.3) is 5.91 Å². The van der Waals surface area contributed by atoms with Crippen LogP contribution in [-0.4, -0.2) is 27.3 Å². The number of anilines is 1. The third-order valence-corrected chi connectivity index (χ3v) is 2.48. The first kappa shape index (κ1) is 12.9. The fourth-order valence-corrected chi connectivity index (χ4v) is 1.57. The van der Waals surface area contributed by atoms with Gasteiger partial charge in [-0.05, 0) is 12.1 Å². The zero-order valence-electron chi connectivity index (χ0n) is 10.0. The van der Waals surface area contributed by atoms with E-state index < -0.39 is 11.7 Å². The minimum Gasteiger partial charge on any atom is -0.508 e. The number of hydrogen-bond donors (Lipinski definition) is 3. The van der Waals surface area contributed by atoms with E-state index in [4.69, 9.17) is 10.8 Å². The van der Waals surface area contributed by atoms with Crippen LogP contribution in [0, 0.1) is 5.82 Å². The van der Waals surface area contributed by atoms with Crippen molar-refractivity contribution in [2.75, 3.05) is 12.3 Å². The van der Waals surface area contributed by atoms with Gasteiger partial charge < -0.3 is 16.2 Å². The molecule has 0 bridgehead atoms. The summed E-state index contributed by atoms with van der Waals surface area (Å²) in [5, 5.41) is 15.6. The molecule has 0 aliphatic rings. The van der Waals surface area contributed by atoms with Crippen molar-refractivity contribution in [2.24, 2.45) is 0 Å². The van der Waals surface area contributed by atoms with E-state index in [0.717, 1.165) is 6.07 Å². The van der Waals surface area contributed by atoms with E-state index in [-0.39, 0.29) is 11.3 Å². The van der Waals surface area contributed by atoms with E-state index in [2.05, 4.69) is 10.4 Å². The van der Waals surface area contributed by atoms with Gasteiger partial charge in [0.2, 0.25) is 0 Å². The van der Waals surface area contributed by atoms with Gasteiger partial charge in [0.1, 0.15) is 11.6 Å². The third kappa shape index (κ3) is 3.21. The molecule has 1 aromatic carbocycles. The fraction of sp³-hybridized carbons (Fsp3) is 0.167. The van der Waals surface area contributed by atoms with Gasteiger partial charge in [-0.15, -0.1) is 0 Å². The summed E-state index contributed by atoms with van der Waals surface area (Å²) in [6.45, 7) is 0.725. The molecule has 4 N–H and O–H groups in total. The van der Waals surface area contributed by atoms with Crippen molar-refractivity contribution in [3.05, 3.63) is 42.0 Å². The number of carbonyl (C=O) groups excluding carboxylic acids is 1. The van der Waals surface area contributed by atoms with Crippen molar-refractivity contribution < 1.29 is 14.3 Å². The number of halogens is 1. The van der Waals surface area contributed by atoms with E-state index in [0.29, 0.717) is 18.8 Å². The van der Waals surface area contributed by atoms with Crippen LogP contribution in [0.5, 0.6) is 5.75 Å². The van der Waals surface area contributed by atoms with Gasteiger partial charge >= 0.3 is 0 Å². The van der Waals surface area contributed by atoms with E-state index >= 15 is 0 Å². The van der Waals surface area contributed by atoms with E-state index in [1.165, 1.54) is 18.3 Å². The van der Waals surface area contributed by atoms with Crippen LogP contribution >= 0.6 is 0 Å². The van der Waals surface area contributed by atoms with Gasteiger partial charge in [-0.3, -0.25) is 9.48 Å². The molecule has 100 valence electrons. The lowest BCUT2D eigenvalue weighted by molar-refractivity contribution is 0.0948. The topological polar surface area (TPSA) is 93.2 Å². The van der Waals surface area contributed by atoms with Crippen LogP contribution in [0.2, 0.25) is 0 Å². The third-order valence-electron chi connectivity index (χ3n) is 2.48. The molecule has 1 heterocycles. The highest BCUT2D eigenvalue weighted by Crippen LogP contribution is 2.14. The number of hydrogen-bond acceptors (Lipinski definition) is 4. The van der Waals surface area contributed by atoms with Crippen LogP contribution in [0.1, 0.15) is 10.4 Å². The Kier molecular flexibility index (Phi) is 3.65. The highest BCUT2D eigenvalue weighted by molar-refractivity contribution is 5.94. The second-order valence-electron chi connectivity index (χ2n) is 3.96. The molecule has 0 atom stereocenters. The second-order valence-corrected chi connectivity index (χ2v) is 3.96. The zero-order chi connectivity index (χ0) is 13.8. The number of aromatic hydroxyl groups is 1. The maximum Gasteiger partial charge on any atom is 0.254 e. The predicted molar refractivity (Wildman–Crippen MR) is 67.0 cm³/mol. The standard InChI is InChI=1S/C12H13FN4O2/c13-11-5-9(18)1-2-10(11)12(19)15-3-4-17-7-8(14)6-16-17/h1-2,5-7,18H,3-4,14H2,(H,15,19). The Morgan fingerprint density at radius 3 is 2.95 bits per heavy atom. The first-order chi connectivity index (χ1) is 9.06. The van der Waals surface area contributed by atoms with Gasteiger partial charge in [-0.25, -0.2) is 4.39 Å². The van der Waals surface area contributed by atoms with Crippen molar-refractivity contribution in [2.45, 2.75) is 6.54 Å². The molecule has 7 heteroatoms. The molecule has 1 aromatic heterocycles. The maximum absolute atomic E-state index is 13.4. The first-order valence-electron chi connectivity index (χ1n) is 5.61. The average Bonchev–Trinajstić information content (AvgIpc) is 2.75. The Bertz CT molecular complexity index is 597. The fourth-order valence-electron chi connectivity index (χ4n) is 1.57. The number of amides is 1.